The fourth-order valence-electron chi connectivity index (χ4n) is 5.90. The summed E-state index contributed by atoms with van der Waals surface area (Å²) in [7, 11) is 6.18. The van der Waals surface area contributed by atoms with Crippen molar-refractivity contribution >= 4 is 46.8 Å². The van der Waals surface area contributed by atoms with E-state index < -0.39 is 36.5 Å². The quantitative estimate of drug-likeness (QED) is 0.276. The van der Waals surface area contributed by atoms with E-state index in [9.17, 15) is 24.0 Å². The maximum atomic E-state index is 13.5. The molecule has 4 heterocycles. The summed E-state index contributed by atoms with van der Waals surface area (Å²) >= 11 is 0. The molecule has 4 rings (SSSR count). The van der Waals surface area contributed by atoms with Crippen molar-refractivity contribution in [2.45, 2.75) is 64.1 Å². The lowest BCUT2D eigenvalue weighted by atomic mass is 9.92. The van der Waals surface area contributed by atoms with Crippen LogP contribution in [0.5, 0.6) is 0 Å². The van der Waals surface area contributed by atoms with Crippen LogP contribution in [-0.2, 0) is 33.3 Å². The Morgan fingerprint density at radius 2 is 1.81 bits per heavy atom. The minimum atomic E-state index is -1.16. The first-order valence-corrected chi connectivity index (χ1v) is 15.6. The Morgan fingerprint density at radius 3 is 2.50 bits per heavy atom. The number of nitriles is 1. The molecule has 2 fully saturated rings. The van der Waals surface area contributed by atoms with Crippen molar-refractivity contribution in [3.8, 4) is 6.07 Å². The Kier molecular flexibility index (Phi) is 11.8. The van der Waals surface area contributed by atoms with E-state index in [0.717, 1.165) is 6.42 Å². The van der Waals surface area contributed by atoms with E-state index in [4.69, 9.17) is 24.2 Å². The van der Waals surface area contributed by atoms with Crippen LogP contribution in [0, 0.1) is 17.2 Å². The number of fused-ring (bicyclic) bond motifs is 1. The molecule has 0 unspecified atom stereocenters. The van der Waals surface area contributed by atoms with Crippen LogP contribution in [0.3, 0.4) is 0 Å². The van der Waals surface area contributed by atoms with E-state index in [1.54, 1.807) is 24.2 Å². The third kappa shape index (κ3) is 8.29. The maximum Gasteiger partial charge on any atom is 0.411 e. The molecule has 0 saturated carbocycles. The Bertz CT molecular complexity index is 1560. The normalized spacial score (nSPS) is 22.3. The van der Waals surface area contributed by atoms with Crippen LogP contribution in [0.25, 0.3) is 11.0 Å². The molecule has 48 heavy (non-hydrogen) atoms. The van der Waals surface area contributed by atoms with E-state index in [0.29, 0.717) is 29.9 Å². The number of carbonyl (C=O) groups is 5. The molecule has 0 radical (unpaired) electrons. The number of hydrogen-bond acceptors (Lipinski definition) is 13. The first-order valence-electron chi connectivity index (χ1n) is 15.6. The summed E-state index contributed by atoms with van der Waals surface area (Å²) < 4.78 is 22.4. The highest BCUT2D eigenvalue weighted by Gasteiger charge is 2.38. The zero-order valence-electron chi connectivity index (χ0n) is 28.0. The van der Waals surface area contributed by atoms with Gasteiger partial charge < -0.3 is 38.5 Å². The van der Waals surface area contributed by atoms with Crippen molar-refractivity contribution in [2.24, 2.45) is 5.92 Å². The van der Waals surface area contributed by atoms with E-state index >= 15 is 0 Å². The first kappa shape index (κ1) is 35.9. The number of likely N-dealkylation sites (N-methyl/N-ethyl adjacent to an activating group) is 3. The molecular weight excluding hydrogens is 628 g/mol. The highest BCUT2D eigenvalue weighted by Crippen LogP contribution is 2.30. The van der Waals surface area contributed by atoms with Gasteiger partial charge in [-0.1, -0.05) is 6.92 Å². The number of hydrogen-bond donors (Lipinski definition) is 0. The second kappa shape index (κ2) is 15.7. The highest BCUT2D eigenvalue weighted by molar-refractivity contribution is 5.95. The molecule has 2 saturated heterocycles. The lowest BCUT2D eigenvalue weighted by molar-refractivity contribution is -0.212. The van der Waals surface area contributed by atoms with Crippen LogP contribution >= 0.6 is 0 Å². The average Bonchev–Trinajstić information content (AvgIpc) is 3.50. The van der Waals surface area contributed by atoms with Crippen LogP contribution in [0.1, 0.15) is 39.5 Å². The summed E-state index contributed by atoms with van der Waals surface area (Å²) in [5, 5.41) is 9.62. The topological polar surface area (TPSA) is 190 Å². The molecule has 0 aromatic carbocycles. The summed E-state index contributed by atoms with van der Waals surface area (Å²) in [6.45, 7) is 4.64. The maximum absolute atomic E-state index is 13.5. The molecule has 17 heteroatoms. The van der Waals surface area contributed by atoms with Crippen molar-refractivity contribution < 1.29 is 42.9 Å². The van der Waals surface area contributed by atoms with E-state index in [-0.39, 0.29) is 56.3 Å². The second-order valence-electron chi connectivity index (χ2n) is 12.0. The molecule has 17 nitrogen and oxygen atoms in total. The molecule has 3 amide bonds. The zero-order chi connectivity index (χ0) is 35.1. The van der Waals surface area contributed by atoms with Gasteiger partial charge in [0.25, 0.3) is 0 Å². The molecule has 2 aromatic rings. The van der Waals surface area contributed by atoms with Gasteiger partial charge in [-0.25, -0.2) is 24.4 Å². The number of amides is 3. The molecule has 2 aliphatic rings. The highest BCUT2D eigenvalue weighted by atomic mass is 16.7. The van der Waals surface area contributed by atoms with Gasteiger partial charge >= 0.3 is 24.1 Å². The average molecular weight is 671 g/mol. The summed E-state index contributed by atoms with van der Waals surface area (Å²) in [6.07, 6.45) is 0.0424. The number of anilines is 1. The Hall–Kier alpha value is -4.98. The minimum absolute atomic E-state index is 0.0437. The van der Waals surface area contributed by atoms with Gasteiger partial charge in [0.15, 0.2) is 11.8 Å². The predicted molar refractivity (Wildman–Crippen MR) is 168 cm³/mol. The molecular formula is C31H42N8O9. The van der Waals surface area contributed by atoms with Gasteiger partial charge in [0, 0.05) is 73.3 Å². The molecule has 0 N–H and O–H groups in total. The van der Waals surface area contributed by atoms with Crippen molar-refractivity contribution in [2.75, 3.05) is 59.3 Å². The summed E-state index contributed by atoms with van der Waals surface area (Å²) in [5.74, 6) is -0.558. The Labute approximate surface area is 278 Å². The summed E-state index contributed by atoms with van der Waals surface area (Å²) in [5.41, 5.74) is 0.397. The largest absolute Gasteiger partial charge is 0.467 e. The number of ether oxygens (including phenoxy) is 4. The van der Waals surface area contributed by atoms with Gasteiger partial charge in [-0.3, -0.25) is 14.2 Å². The minimum Gasteiger partial charge on any atom is -0.467 e. The lowest BCUT2D eigenvalue weighted by Gasteiger charge is -2.42. The van der Waals surface area contributed by atoms with Gasteiger partial charge in [-0.15, -0.1) is 0 Å². The molecule has 2 aromatic heterocycles. The standard InChI is InChI=1S/C31H42N8O9/c1-19-8-11-38(25(41)7-10-32)17-23(19)37(5)27-22-9-12-39(28(22)34-18-33-27)30(43)35(3)13-14-36(4)31(44)48-26-16-21(46-20(2)40)15-24(47-26)29(42)45-6/h9,12,18-19,21,23-24,26H,7-8,11,13-17H2,1-6H3/t19-,21+,23+,24+,26+/m1/s1. The monoisotopic (exact) mass is 670 g/mol. The fraction of sp³-hybridized carbons (Fsp3) is 0.613. The third-order valence-electron chi connectivity index (χ3n) is 8.69. The number of nitrogens with zero attached hydrogens (tertiary/aromatic N) is 8. The SMILES string of the molecule is COC(=O)[C@@H]1C[C@H](OC(C)=O)C[C@H](OC(=O)N(C)CCN(C)C(=O)n2ccc3c(N(C)[C@H]4CN(C(=O)CC#N)CC[C@H]4C)ncnc32)O1. The van der Waals surface area contributed by atoms with Gasteiger partial charge in [-0.2, -0.15) is 5.26 Å². The number of esters is 2. The van der Waals surface area contributed by atoms with Crippen molar-refractivity contribution in [1.82, 2.24) is 29.2 Å². The predicted octanol–water partition coefficient (Wildman–Crippen LogP) is 1.60. The van der Waals surface area contributed by atoms with Gasteiger partial charge in [-0.05, 0) is 18.4 Å². The fourth-order valence-corrected chi connectivity index (χ4v) is 5.90. The third-order valence-corrected chi connectivity index (χ3v) is 8.69. The Balaban J connectivity index is 1.38. The van der Waals surface area contributed by atoms with Crippen molar-refractivity contribution in [3.05, 3.63) is 18.6 Å². The van der Waals surface area contributed by atoms with Crippen LogP contribution in [0.4, 0.5) is 15.4 Å². The van der Waals surface area contributed by atoms with E-state index in [2.05, 4.69) is 16.9 Å². The van der Waals surface area contributed by atoms with Gasteiger partial charge in [0.2, 0.25) is 12.2 Å². The van der Waals surface area contributed by atoms with Crippen molar-refractivity contribution in [1.29, 1.82) is 5.26 Å². The van der Waals surface area contributed by atoms with Crippen LogP contribution in [0.2, 0.25) is 0 Å². The van der Waals surface area contributed by atoms with Crippen LogP contribution in [-0.4, -0.2) is 138 Å². The van der Waals surface area contributed by atoms with Gasteiger partial charge in [0.05, 0.1) is 24.6 Å². The molecule has 2 aliphatic heterocycles. The van der Waals surface area contributed by atoms with Crippen LogP contribution < -0.4 is 4.90 Å². The van der Waals surface area contributed by atoms with E-state index in [1.165, 1.54) is 41.8 Å². The number of carbonyl (C=O) groups excluding carboxylic acids is 5. The number of piperidine rings is 1. The number of methoxy groups -OCH3 is 1. The number of likely N-dealkylation sites (tertiary alicyclic amines) is 1. The molecule has 0 spiro atoms. The Morgan fingerprint density at radius 1 is 1.08 bits per heavy atom. The summed E-state index contributed by atoms with van der Waals surface area (Å²) in [4.78, 5) is 77.6. The molecule has 0 bridgehead atoms. The molecule has 0 aliphatic carbocycles. The van der Waals surface area contributed by atoms with Gasteiger partial charge in [0.1, 0.15) is 24.7 Å². The van der Waals surface area contributed by atoms with E-state index in [1.807, 2.05) is 18.0 Å². The smallest absolute Gasteiger partial charge is 0.411 e. The number of rotatable bonds is 9. The first-order chi connectivity index (χ1) is 22.8. The molecule has 260 valence electrons. The lowest BCUT2D eigenvalue weighted by Crippen LogP contribution is -2.52. The molecule has 5 atom stereocenters. The summed E-state index contributed by atoms with van der Waals surface area (Å²) in [6, 6.07) is 3.24. The second-order valence-corrected chi connectivity index (χ2v) is 12.0. The van der Waals surface area contributed by atoms with Crippen molar-refractivity contribution in [3.63, 3.8) is 0 Å². The zero-order valence-corrected chi connectivity index (χ0v) is 28.0. The van der Waals surface area contributed by atoms with Crippen LogP contribution in [0.15, 0.2) is 18.6 Å². The number of aromatic nitrogens is 3.